The van der Waals surface area contributed by atoms with Crippen molar-refractivity contribution in [3.8, 4) is 0 Å². The van der Waals surface area contributed by atoms with Gasteiger partial charge in [0.2, 0.25) is 0 Å². The smallest absolute Gasteiger partial charge is 0.313 e. The molecule has 1 rings (SSSR count). The van der Waals surface area contributed by atoms with Gasteiger partial charge in [-0.15, -0.1) is 0 Å². The first kappa shape index (κ1) is 16.9. The van der Waals surface area contributed by atoms with E-state index in [2.05, 4.69) is 27.9 Å². The number of aryl methyl sites for hydroxylation is 1. The average molecular weight is 392 g/mol. The number of aliphatic hydroxyl groups is 2. The summed E-state index contributed by atoms with van der Waals surface area (Å²) in [6, 6.07) is 5.44. The lowest BCUT2D eigenvalue weighted by Gasteiger charge is -2.20. The van der Waals surface area contributed by atoms with Crippen LogP contribution in [0.3, 0.4) is 0 Å². The maximum Gasteiger partial charge on any atom is 0.313 e. The second-order valence-corrected chi connectivity index (χ2v) is 5.40. The van der Waals surface area contributed by atoms with E-state index in [1.807, 2.05) is 19.1 Å². The van der Waals surface area contributed by atoms with E-state index in [1.165, 1.54) is 0 Å². The Labute approximate surface area is 130 Å². The fourth-order valence-corrected chi connectivity index (χ4v) is 2.29. The monoisotopic (exact) mass is 392 g/mol. The van der Waals surface area contributed by atoms with Crippen LogP contribution in [0.25, 0.3) is 0 Å². The maximum atomic E-state index is 11.9. The van der Waals surface area contributed by atoms with E-state index >= 15 is 0 Å². The van der Waals surface area contributed by atoms with E-state index in [9.17, 15) is 9.59 Å². The van der Waals surface area contributed by atoms with Gasteiger partial charge < -0.3 is 20.4 Å². The molecule has 0 bridgehead atoms. The summed E-state index contributed by atoms with van der Waals surface area (Å²) in [7, 11) is 0. The number of rotatable bonds is 5. The Morgan fingerprint density at radius 1 is 1.25 bits per heavy atom. The zero-order valence-corrected chi connectivity index (χ0v) is 13.3. The highest BCUT2D eigenvalue weighted by atomic mass is 127. The van der Waals surface area contributed by atoms with Gasteiger partial charge in [0.05, 0.1) is 13.2 Å². The van der Waals surface area contributed by atoms with Gasteiger partial charge in [0.15, 0.2) is 0 Å². The maximum absolute atomic E-state index is 11.9. The third-order valence-electron chi connectivity index (χ3n) is 2.66. The molecule has 3 N–H and O–H groups in total. The molecule has 0 aliphatic rings. The molecule has 0 saturated heterocycles. The Kier molecular flexibility index (Phi) is 6.89. The third kappa shape index (κ3) is 4.73. The van der Waals surface area contributed by atoms with Crippen molar-refractivity contribution in [1.29, 1.82) is 0 Å². The number of carbonyl (C=O) groups excluding carboxylic acids is 2. The summed E-state index contributed by atoms with van der Waals surface area (Å²) in [4.78, 5) is 24.9. The van der Waals surface area contributed by atoms with E-state index in [0.29, 0.717) is 5.69 Å². The molecule has 0 heterocycles. The zero-order valence-electron chi connectivity index (χ0n) is 11.1. The summed E-state index contributed by atoms with van der Waals surface area (Å²) in [5.41, 5.74) is 1.42. The van der Waals surface area contributed by atoms with Crippen molar-refractivity contribution in [3.63, 3.8) is 0 Å². The first-order valence-corrected chi connectivity index (χ1v) is 7.15. The van der Waals surface area contributed by atoms with Crippen molar-refractivity contribution in [1.82, 2.24) is 4.90 Å². The molecule has 0 aliphatic heterocycles. The highest BCUT2D eigenvalue weighted by Crippen LogP contribution is 2.17. The van der Waals surface area contributed by atoms with Crippen LogP contribution in [0.1, 0.15) is 5.56 Å². The molecule has 2 amide bonds. The molecular formula is C13H17IN2O4. The summed E-state index contributed by atoms with van der Waals surface area (Å²) in [6.45, 7) is 1.33. The standard InChI is InChI=1S/C13H17IN2O4/c1-9-8-10(14)2-3-11(9)15-12(19)13(20)16(4-6-17)5-7-18/h2-3,8,17-18H,4-7H2,1H3,(H,15,19). The van der Waals surface area contributed by atoms with Gasteiger partial charge in [0, 0.05) is 22.3 Å². The van der Waals surface area contributed by atoms with Crippen LogP contribution in [0.15, 0.2) is 18.2 Å². The Bertz CT molecular complexity index is 487. The second kappa shape index (κ2) is 8.18. The largest absolute Gasteiger partial charge is 0.395 e. The van der Waals surface area contributed by atoms with Gasteiger partial charge in [0.1, 0.15) is 0 Å². The molecule has 0 atom stereocenters. The normalized spacial score (nSPS) is 10.2. The lowest BCUT2D eigenvalue weighted by atomic mass is 10.2. The predicted octanol–water partition coefficient (Wildman–Crippen LogP) is 0.351. The topological polar surface area (TPSA) is 89.9 Å². The van der Waals surface area contributed by atoms with Gasteiger partial charge in [-0.1, -0.05) is 0 Å². The first-order valence-electron chi connectivity index (χ1n) is 6.07. The van der Waals surface area contributed by atoms with Crippen molar-refractivity contribution >= 4 is 40.1 Å². The highest BCUT2D eigenvalue weighted by molar-refractivity contribution is 14.1. The number of nitrogens with one attached hydrogen (secondary N) is 1. The van der Waals surface area contributed by atoms with Crippen LogP contribution in [0.2, 0.25) is 0 Å². The van der Waals surface area contributed by atoms with Crippen LogP contribution in [-0.2, 0) is 9.59 Å². The quantitative estimate of drug-likeness (QED) is 0.499. The molecule has 0 aromatic heterocycles. The van der Waals surface area contributed by atoms with Crippen LogP contribution in [0.4, 0.5) is 5.69 Å². The summed E-state index contributed by atoms with van der Waals surface area (Å²) in [5.74, 6) is -1.55. The van der Waals surface area contributed by atoms with Crippen molar-refractivity contribution in [2.24, 2.45) is 0 Å². The van der Waals surface area contributed by atoms with Crippen LogP contribution in [0.5, 0.6) is 0 Å². The summed E-state index contributed by atoms with van der Waals surface area (Å²) < 4.78 is 1.03. The van der Waals surface area contributed by atoms with Crippen molar-refractivity contribution in [2.45, 2.75) is 6.92 Å². The van der Waals surface area contributed by atoms with Crippen LogP contribution < -0.4 is 5.32 Å². The van der Waals surface area contributed by atoms with Gasteiger partial charge in [-0.05, 0) is 53.3 Å². The molecular weight excluding hydrogens is 375 g/mol. The Morgan fingerprint density at radius 3 is 2.35 bits per heavy atom. The number of halogens is 1. The SMILES string of the molecule is Cc1cc(I)ccc1NC(=O)C(=O)N(CCO)CCO. The number of carbonyl (C=O) groups is 2. The number of benzene rings is 1. The molecule has 1 aromatic carbocycles. The fourth-order valence-electron chi connectivity index (χ4n) is 1.64. The predicted molar refractivity (Wildman–Crippen MR) is 83.3 cm³/mol. The van der Waals surface area contributed by atoms with E-state index in [4.69, 9.17) is 10.2 Å². The average Bonchev–Trinajstić information content (AvgIpc) is 2.40. The van der Waals surface area contributed by atoms with E-state index in [1.54, 1.807) is 6.07 Å². The lowest BCUT2D eigenvalue weighted by molar-refractivity contribution is -0.143. The molecule has 0 spiro atoms. The van der Waals surface area contributed by atoms with Crippen LogP contribution in [-0.4, -0.2) is 53.2 Å². The molecule has 20 heavy (non-hydrogen) atoms. The van der Waals surface area contributed by atoms with Gasteiger partial charge >= 0.3 is 11.8 Å². The highest BCUT2D eigenvalue weighted by Gasteiger charge is 2.21. The number of aliphatic hydroxyl groups excluding tert-OH is 2. The number of hydrogen-bond donors (Lipinski definition) is 3. The van der Waals surface area contributed by atoms with Gasteiger partial charge in [-0.25, -0.2) is 0 Å². The number of hydrogen-bond acceptors (Lipinski definition) is 4. The minimum Gasteiger partial charge on any atom is -0.395 e. The molecule has 0 unspecified atom stereocenters. The molecule has 0 radical (unpaired) electrons. The van der Waals surface area contributed by atoms with E-state index < -0.39 is 11.8 Å². The van der Waals surface area contributed by atoms with Crippen LogP contribution >= 0.6 is 22.6 Å². The molecule has 7 heteroatoms. The summed E-state index contributed by atoms with van der Waals surface area (Å²) in [6.07, 6.45) is 0. The van der Waals surface area contributed by atoms with E-state index in [0.717, 1.165) is 14.0 Å². The van der Waals surface area contributed by atoms with Crippen molar-refractivity contribution < 1.29 is 19.8 Å². The molecule has 0 saturated carbocycles. The fraction of sp³-hybridized carbons (Fsp3) is 0.385. The molecule has 110 valence electrons. The van der Waals surface area contributed by atoms with Gasteiger partial charge in [-0.2, -0.15) is 0 Å². The number of nitrogens with zero attached hydrogens (tertiary/aromatic N) is 1. The third-order valence-corrected chi connectivity index (χ3v) is 3.33. The molecule has 6 nitrogen and oxygen atoms in total. The first-order chi connectivity index (χ1) is 9.49. The molecule has 1 aromatic rings. The van der Waals surface area contributed by atoms with Gasteiger partial charge in [0.25, 0.3) is 0 Å². The number of amides is 2. The molecule has 0 fully saturated rings. The Balaban J connectivity index is 2.76. The van der Waals surface area contributed by atoms with E-state index in [-0.39, 0.29) is 26.3 Å². The minimum atomic E-state index is -0.781. The Hall–Kier alpha value is -1.19. The minimum absolute atomic E-state index is 0.0124. The van der Waals surface area contributed by atoms with Crippen LogP contribution in [0, 0.1) is 10.5 Å². The zero-order chi connectivity index (χ0) is 15.1. The molecule has 0 aliphatic carbocycles. The van der Waals surface area contributed by atoms with Crippen molar-refractivity contribution in [3.05, 3.63) is 27.3 Å². The van der Waals surface area contributed by atoms with Crippen molar-refractivity contribution in [2.75, 3.05) is 31.6 Å². The Morgan fingerprint density at radius 2 is 1.85 bits per heavy atom. The van der Waals surface area contributed by atoms with Gasteiger partial charge in [-0.3, -0.25) is 9.59 Å². The summed E-state index contributed by atoms with van der Waals surface area (Å²) >= 11 is 2.16. The number of anilines is 1. The summed E-state index contributed by atoms with van der Waals surface area (Å²) in [5, 5.41) is 20.2. The lowest BCUT2D eigenvalue weighted by Crippen LogP contribution is -2.42. The second-order valence-electron chi connectivity index (χ2n) is 4.15.